The molecule has 3 fully saturated rings. The maximum atomic E-state index is 14.6. The van der Waals surface area contributed by atoms with E-state index in [1.807, 2.05) is 32.2 Å². The average molecular weight is 785 g/mol. The third-order valence-electron chi connectivity index (χ3n) is 13.2. The van der Waals surface area contributed by atoms with Crippen molar-refractivity contribution in [3.05, 3.63) is 70.3 Å². The van der Waals surface area contributed by atoms with Crippen molar-refractivity contribution < 1.29 is 27.1 Å². The number of ether oxygens (including phenoxy) is 2. The number of amides is 1. The molecule has 0 spiro atoms. The molecule has 7 rings (SSSR count). The van der Waals surface area contributed by atoms with Gasteiger partial charge in [0.25, 0.3) is 5.91 Å². The minimum Gasteiger partial charge on any atom is -0.491 e. The van der Waals surface area contributed by atoms with Crippen LogP contribution in [0.25, 0.3) is 0 Å². The van der Waals surface area contributed by atoms with Gasteiger partial charge in [0, 0.05) is 76.0 Å². The largest absolute Gasteiger partial charge is 0.491 e. The summed E-state index contributed by atoms with van der Waals surface area (Å²) in [5.41, 5.74) is 2.98. The number of alkyl halides is 1. The molecule has 2 bridgehead atoms. The number of anilines is 1. The number of rotatable bonds is 3. The monoisotopic (exact) mass is 784 g/mol. The number of sulfonamides is 1. The van der Waals surface area contributed by atoms with Gasteiger partial charge in [-0.3, -0.25) is 14.6 Å². The van der Waals surface area contributed by atoms with E-state index in [1.165, 1.54) is 11.1 Å². The van der Waals surface area contributed by atoms with E-state index in [0.29, 0.717) is 49.6 Å². The van der Waals surface area contributed by atoms with Crippen LogP contribution in [0.2, 0.25) is 5.02 Å². The Balaban J connectivity index is 1.23. The lowest BCUT2D eigenvalue weighted by Crippen LogP contribution is -2.61. The van der Waals surface area contributed by atoms with Crippen molar-refractivity contribution in [2.45, 2.75) is 94.7 Å². The number of piperidine rings is 1. The third-order valence-corrected chi connectivity index (χ3v) is 15.4. The minimum atomic E-state index is -3.98. The Morgan fingerprint density at radius 2 is 1.85 bits per heavy atom. The summed E-state index contributed by atoms with van der Waals surface area (Å²) in [7, 11) is -2.16. The van der Waals surface area contributed by atoms with Gasteiger partial charge in [-0.1, -0.05) is 36.7 Å². The fourth-order valence-corrected chi connectivity index (χ4v) is 11.0. The number of hydrogen-bond acceptors (Lipinski definition) is 8. The molecule has 2 aromatic rings. The molecule has 5 aliphatic rings. The summed E-state index contributed by atoms with van der Waals surface area (Å²) in [6.07, 6.45) is 10.9. The van der Waals surface area contributed by atoms with E-state index < -0.39 is 33.0 Å². The second-order valence-electron chi connectivity index (χ2n) is 16.5. The van der Waals surface area contributed by atoms with E-state index in [2.05, 4.69) is 43.7 Å². The van der Waals surface area contributed by atoms with Crippen molar-refractivity contribution in [1.82, 2.24) is 14.5 Å². The van der Waals surface area contributed by atoms with Gasteiger partial charge in [0.05, 0.1) is 17.5 Å². The molecule has 1 N–H and O–H groups in total. The SMILES string of the molecule is CO[C@@]1(CN2CCN3CC[C@@H](F)C[C@@H]3C2)/C=C/C[C@H](C)[C@@H](C)S(=O)(=O)NC(=O)c2ccc3c(c2)N(CCCCc2cc(Cl)ccc2CCO3)C[C@@H]2CC[C@H]21. The van der Waals surface area contributed by atoms with Crippen molar-refractivity contribution in [2.75, 3.05) is 64.4 Å². The van der Waals surface area contributed by atoms with E-state index in [0.717, 1.165) is 88.5 Å². The van der Waals surface area contributed by atoms with Crippen LogP contribution >= 0.6 is 11.6 Å². The maximum Gasteiger partial charge on any atom is 0.264 e. The number of carbonyl (C=O) groups excluding carboxylic acids is 1. The molecule has 4 heterocycles. The lowest BCUT2D eigenvalue weighted by Gasteiger charge is -2.53. The van der Waals surface area contributed by atoms with E-state index in [4.69, 9.17) is 21.1 Å². The number of nitrogens with zero attached hydrogens (tertiary/aromatic N) is 3. The van der Waals surface area contributed by atoms with Gasteiger partial charge in [-0.15, -0.1) is 0 Å². The van der Waals surface area contributed by atoms with Gasteiger partial charge in [0.2, 0.25) is 10.0 Å². The summed E-state index contributed by atoms with van der Waals surface area (Å²) in [4.78, 5) is 20.9. The number of carbonyl (C=O) groups is 1. The number of allylic oxidation sites excluding steroid dienone is 1. The summed E-state index contributed by atoms with van der Waals surface area (Å²) in [5, 5.41) is -0.0636. The Hall–Kier alpha value is -2.70. The Kier molecular flexibility index (Phi) is 12.3. The summed E-state index contributed by atoms with van der Waals surface area (Å²) < 4.78 is 57.3. The molecule has 7 atom stereocenters. The summed E-state index contributed by atoms with van der Waals surface area (Å²) >= 11 is 6.42. The van der Waals surface area contributed by atoms with Gasteiger partial charge < -0.3 is 14.4 Å². The van der Waals surface area contributed by atoms with Gasteiger partial charge in [0.1, 0.15) is 17.5 Å². The number of hydrogen-bond donors (Lipinski definition) is 1. The Labute approximate surface area is 326 Å². The van der Waals surface area contributed by atoms with Crippen LogP contribution in [0.1, 0.15) is 80.3 Å². The predicted octanol–water partition coefficient (Wildman–Crippen LogP) is 6.68. The number of fused-ring (bicyclic) bond motifs is 4. The average Bonchev–Trinajstić information content (AvgIpc) is 3.13. The number of benzene rings is 2. The van der Waals surface area contributed by atoms with Gasteiger partial charge in [-0.2, -0.15) is 0 Å². The first kappa shape index (κ1) is 39.5. The summed E-state index contributed by atoms with van der Waals surface area (Å²) in [5.74, 6) is 0.322. The highest BCUT2D eigenvalue weighted by atomic mass is 35.5. The Bertz CT molecular complexity index is 1800. The zero-order valence-corrected chi connectivity index (χ0v) is 33.7. The van der Waals surface area contributed by atoms with Gasteiger partial charge in [-0.05, 0) is 118 Å². The molecule has 2 aromatic carbocycles. The van der Waals surface area contributed by atoms with Crippen molar-refractivity contribution >= 4 is 33.2 Å². The smallest absolute Gasteiger partial charge is 0.264 e. The topological polar surface area (TPSA) is 91.4 Å². The maximum absolute atomic E-state index is 14.6. The summed E-state index contributed by atoms with van der Waals surface area (Å²) in [6.45, 7) is 9.71. The first-order valence-electron chi connectivity index (χ1n) is 20.1. The molecule has 1 saturated carbocycles. The quantitative estimate of drug-likeness (QED) is 0.345. The predicted molar refractivity (Wildman–Crippen MR) is 213 cm³/mol. The number of methoxy groups -OCH3 is 1. The van der Waals surface area contributed by atoms with E-state index in [1.54, 1.807) is 13.0 Å². The van der Waals surface area contributed by atoms with Crippen LogP contribution in [-0.2, 0) is 27.6 Å². The standard InChI is InChI=1S/C42H58ClFN4O5S/c1-29-7-6-17-42(52-3,28-46-20-21-47-19-15-36(44)25-37(47)27-46)38-13-10-34(38)26-48-18-5-4-8-32-23-35(43)12-9-31(32)16-22-53-40-14-11-33(24-39(40)48)41(49)45-54(50,51)30(29)2/h6,9,11-12,14,17,23-24,29-30,34,36-38H,4-5,7-8,10,13,15-16,18-22,25-28H2,1-3H3,(H,45,49)/b17-6+/t29-,30+,34-,36+,37+,38+,42+/m0/s1. The number of halogens is 2. The highest BCUT2D eigenvalue weighted by molar-refractivity contribution is 7.90. The van der Waals surface area contributed by atoms with Gasteiger partial charge in [0.15, 0.2) is 0 Å². The minimum absolute atomic E-state index is 0.209. The van der Waals surface area contributed by atoms with E-state index in [9.17, 15) is 17.6 Å². The molecule has 12 heteroatoms. The first-order chi connectivity index (χ1) is 25.9. The normalized spacial score (nSPS) is 33.3. The first-order valence-corrected chi connectivity index (χ1v) is 22.1. The Morgan fingerprint density at radius 3 is 2.65 bits per heavy atom. The fourth-order valence-electron chi connectivity index (χ4n) is 9.54. The van der Waals surface area contributed by atoms with Crippen LogP contribution < -0.4 is 14.4 Å². The van der Waals surface area contributed by atoms with Crippen molar-refractivity contribution in [3.8, 4) is 5.75 Å². The summed E-state index contributed by atoms with van der Waals surface area (Å²) in [6, 6.07) is 11.6. The Morgan fingerprint density at radius 1 is 1.00 bits per heavy atom. The zero-order valence-electron chi connectivity index (χ0n) is 32.2. The van der Waals surface area contributed by atoms with Gasteiger partial charge in [-0.25, -0.2) is 17.5 Å². The number of piperazine rings is 1. The number of aryl methyl sites for hydroxylation is 1. The van der Waals surface area contributed by atoms with E-state index >= 15 is 0 Å². The second kappa shape index (κ2) is 16.8. The number of nitrogens with one attached hydrogen (secondary N) is 1. The van der Waals surface area contributed by atoms with Crippen LogP contribution in [-0.4, -0.2) is 107 Å². The van der Waals surface area contributed by atoms with Crippen LogP contribution in [0, 0.1) is 17.8 Å². The molecule has 2 saturated heterocycles. The van der Waals surface area contributed by atoms with Crippen molar-refractivity contribution in [2.24, 2.45) is 17.8 Å². The zero-order chi connectivity index (χ0) is 38.0. The second-order valence-corrected chi connectivity index (χ2v) is 19.0. The van der Waals surface area contributed by atoms with E-state index in [-0.39, 0.29) is 17.9 Å². The third kappa shape index (κ3) is 8.65. The molecular formula is C42H58ClFN4O5S. The molecule has 0 unspecified atom stereocenters. The van der Waals surface area contributed by atoms with Crippen LogP contribution in [0.15, 0.2) is 48.6 Å². The van der Waals surface area contributed by atoms with Crippen LogP contribution in [0.3, 0.4) is 0 Å². The van der Waals surface area contributed by atoms with Crippen LogP contribution in [0.5, 0.6) is 5.75 Å². The fraction of sp³-hybridized carbons (Fsp3) is 0.643. The van der Waals surface area contributed by atoms with Crippen molar-refractivity contribution in [3.63, 3.8) is 0 Å². The molecular weight excluding hydrogens is 727 g/mol. The molecule has 0 aromatic heterocycles. The molecule has 54 heavy (non-hydrogen) atoms. The lowest BCUT2D eigenvalue weighted by atomic mass is 9.63. The lowest BCUT2D eigenvalue weighted by molar-refractivity contribution is -0.101. The molecule has 0 radical (unpaired) electrons. The molecule has 296 valence electrons. The molecule has 9 nitrogen and oxygen atoms in total. The molecule has 4 aliphatic heterocycles. The van der Waals surface area contributed by atoms with Gasteiger partial charge >= 0.3 is 0 Å². The highest BCUT2D eigenvalue weighted by Crippen LogP contribution is 2.47. The highest BCUT2D eigenvalue weighted by Gasteiger charge is 2.49. The van der Waals surface area contributed by atoms with Crippen molar-refractivity contribution in [1.29, 1.82) is 0 Å². The molecule has 1 aliphatic carbocycles. The van der Waals surface area contributed by atoms with Crippen LogP contribution in [0.4, 0.5) is 10.1 Å². The molecule has 1 amide bonds.